The molecule has 0 bridgehead atoms. The van der Waals surface area contributed by atoms with E-state index in [2.05, 4.69) is 26.9 Å². The van der Waals surface area contributed by atoms with Crippen LogP contribution in [0.1, 0.15) is 16.9 Å². The molecule has 3 aromatic rings. The molecule has 1 amide bonds. The molecule has 2 aromatic heterocycles. The first-order chi connectivity index (χ1) is 11.6. The Kier molecular flexibility index (Phi) is 4.95. The highest BCUT2D eigenvalue weighted by Crippen LogP contribution is 2.19. The van der Waals surface area contributed by atoms with Gasteiger partial charge in [0.1, 0.15) is 5.76 Å². The number of tetrazole rings is 1. The van der Waals surface area contributed by atoms with Crippen molar-refractivity contribution in [2.24, 2.45) is 0 Å². The van der Waals surface area contributed by atoms with Gasteiger partial charge in [-0.2, -0.15) is 4.68 Å². The Labute approximate surface area is 143 Å². The molecule has 2 heterocycles. The fraction of sp³-hybridized carbons (Fsp3) is 0.250. The second-order valence-corrected chi connectivity index (χ2v) is 6.31. The molecule has 0 aliphatic heterocycles. The number of amides is 1. The molecule has 0 radical (unpaired) electrons. The molecule has 0 atom stereocenters. The molecule has 0 aliphatic rings. The molecule has 0 unspecified atom stereocenters. The number of nitrogens with one attached hydrogen (secondary N) is 1. The smallest absolute Gasteiger partial charge is 0.230 e. The molecule has 0 saturated heterocycles. The number of nitrogens with zero attached hydrogens (tertiary/aromatic N) is 4. The van der Waals surface area contributed by atoms with Crippen LogP contribution in [-0.4, -0.2) is 31.9 Å². The Hall–Kier alpha value is -2.61. The average molecular weight is 343 g/mol. The molecule has 0 fully saturated rings. The Bertz CT molecular complexity index is 809. The summed E-state index contributed by atoms with van der Waals surface area (Å²) in [5, 5.41) is 15.1. The molecule has 0 saturated carbocycles. The van der Waals surface area contributed by atoms with Crippen molar-refractivity contribution in [3.63, 3.8) is 0 Å². The normalized spacial score (nSPS) is 10.8. The molecular weight excluding hydrogens is 326 g/mol. The Morgan fingerprint density at radius 3 is 2.79 bits per heavy atom. The lowest BCUT2D eigenvalue weighted by molar-refractivity contribution is -0.118. The van der Waals surface area contributed by atoms with Gasteiger partial charge in [0.05, 0.1) is 24.2 Å². The van der Waals surface area contributed by atoms with Crippen molar-refractivity contribution in [3.8, 4) is 5.69 Å². The average Bonchev–Trinajstić information content (AvgIpc) is 3.21. The third kappa shape index (κ3) is 4.02. The highest BCUT2D eigenvalue weighted by Gasteiger charge is 2.12. The first kappa shape index (κ1) is 16.3. The number of thioether (sulfide) groups is 1. The number of hydrogen-bond acceptors (Lipinski definition) is 6. The van der Waals surface area contributed by atoms with Gasteiger partial charge in [-0.1, -0.05) is 17.8 Å². The van der Waals surface area contributed by atoms with E-state index in [9.17, 15) is 4.79 Å². The summed E-state index contributed by atoms with van der Waals surface area (Å²) >= 11 is 1.29. The van der Waals surface area contributed by atoms with Crippen LogP contribution < -0.4 is 5.32 Å². The van der Waals surface area contributed by atoms with Gasteiger partial charge in [0.15, 0.2) is 0 Å². The lowest BCUT2D eigenvalue weighted by Gasteiger charge is -2.07. The number of carbonyl (C=O) groups excluding carboxylic acids is 1. The number of benzene rings is 1. The molecule has 8 heteroatoms. The van der Waals surface area contributed by atoms with Crippen molar-refractivity contribution in [1.82, 2.24) is 25.5 Å². The van der Waals surface area contributed by atoms with Crippen LogP contribution in [0.4, 0.5) is 0 Å². The number of furan rings is 1. The minimum absolute atomic E-state index is 0.105. The van der Waals surface area contributed by atoms with Crippen molar-refractivity contribution in [2.45, 2.75) is 25.5 Å². The molecule has 7 nitrogen and oxygen atoms in total. The van der Waals surface area contributed by atoms with Gasteiger partial charge < -0.3 is 9.73 Å². The molecule has 0 spiro atoms. The minimum atomic E-state index is -0.105. The minimum Gasteiger partial charge on any atom is -0.467 e. The maximum Gasteiger partial charge on any atom is 0.230 e. The van der Waals surface area contributed by atoms with E-state index in [1.807, 2.05) is 32.0 Å². The fourth-order valence-corrected chi connectivity index (χ4v) is 3.00. The Morgan fingerprint density at radius 1 is 1.29 bits per heavy atom. The maximum atomic E-state index is 11.9. The van der Waals surface area contributed by atoms with Crippen LogP contribution >= 0.6 is 11.8 Å². The molecule has 3 rings (SSSR count). The van der Waals surface area contributed by atoms with Crippen molar-refractivity contribution < 1.29 is 9.21 Å². The van der Waals surface area contributed by atoms with Gasteiger partial charge >= 0.3 is 0 Å². The van der Waals surface area contributed by atoms with Crippen molar-refractivity contribution in [2.75, 3.05) is 5.75 Å². The van der Waals surface area contributed by atoms with Crippen LogP contribution in [-0.2, 0) is 11.3 Å². The van der Waals surface area contributed by atoms with Crippen LogP contribution in [0.2, 0.25) is 0 Å². The molecular formula is C16H17N5O2S. The van der Waals surface area contributed by atoms with Crippen LogP contribution in [0, 0.1) is 13.8 Å². The predicted octanol–water partition coefficient (Wildman–Crippen LogP) is 2.28. The van der Waals surface area contributed by atoms with Gasteiger partial charge in [-0.3, -0.25) is 4.79 Å². The molecule has 124 valence electrons. The molecule has 1 aromatic carbocycles. The third-order valence-corrected chi connectivity index (χ3v) is 4.18. The van der Waals surface area contributed by atoms with Gasteiger partial charge in [-0.05, 0) is 59.7 Å². The summed E-state index contributed by atoms with van der Waals surface area (Å²) in [6, 6.07) is 9.69. The summed E-state index contributed by atoms with van der Waals surface area (Å²) in [7, 11) is 0. The summed E-state index contributed by atoms with van der Waals surface area (Å²) in [5.74, 6) is 0.839. The predicted molar refractivity (Wildman–Crippen MR) is 89.9 cm³/mol. The lowest BCUT2D eigenvalue weighted by atomic mass is 10.1. The topological polar surface area (TPSA) is 85.8 Å². The summed E-state index contributed by atoms with van der Waals surface area (Å²) in [4.78, 5) is 11.9. The zero-order valence-electron chi connectivity index (χ0n) is 13.4. The van der Waals surface area contributed by atoms with E-state index < -0.39 is 0 Å². The first-order valence-corrected chi connectivity index (χ1v) is 8.39. The van der Waals surface area contributed by atoms with Gasteiger partial charge in [0, 0.05) is 0 Å². The number of hydrogen-bond donors (Lipinski definition) is 1. The largest absolute Gasteiger partial charge is 0.467 e. The van der Waals surface area contributed by atoms with Crippen molar-refractivity contribution >= 4 is 17.7 Å². The standard InChI is InChI=1S/C16H17N5O2S/c1-11-6-12(2)8-13(7-11)21-16(18-19-20-21)24-10-15(22)17-9-14-4-3-5-23-14/h3-8H,9-10H2,1-2H3,(H,17,22). The number of aryl methyl sites for hydroxylation is 2. The van der Waals surface area contributed by atoms with E-state index in [0.717, 1.165) is 16.8 Å². The molecule has 1 N–H and O–H groups in total. The van der Waals surface area contributed by atoms with E-state index in [1.165, 1.54) is 11.8 Å². The van der Waals surface area contributed by atoms with E-state index in [1.54, 1.807) is 17.0 Å². The van der Waals surface area contributed by atoms with Gasteiger partial charge in [0.2, 0.25) is 11.1 Å². The van der Waals surface area contributed by atoms with E-state index in [0.29, 0.717) is 17.5 Å². The quantitative estimate of drug-likeness (QED) is 0.691. The summed E-state index contributed by atoms with van der Waals surface area (Å²) in [6.07, 6.45) is 1.58. The van der Waals surface area contributed by atoms with Crippen LogP contribution in [0.25, 0.3) is 5.69 Å². The Morgan fingerprint density at radius 2 is 2.08 bits per heavy atom. The highest BCUT2D eigenvalue weighted by molar-refractivity contribution is 7.99. The molecule has 24 heavy (non-hydrogen) atoms. The fourth-order valence-electron chi connectivity index (χ4n) is 2.28. The number of aromatic nitrogens is 4. The van der Waals surface area contributed by atoms with Crippen LogP contribution in [0.5, 0.6) is 0 Å². The summed E-state index contributed by atoms with van der Waals surface area (Å²) in [6.45, 7) is 4.42. The van der Waals surface area contributed by atoms with E-state index in [4.69, 9.17) is 4.42 Å². The zero-order valence-corrected chi connectivity index (χ0v) is 14.2. The van der Waals surface area contributed by atoms with Gasteiger partial charge in [-0.15, -0.1) is 5.10 Å². The second kappa shape index (κ2) is 7.31. The highest BCUT2D eigenvalue weighted by atomic mass is 32.2. The third-order valence-electron chi connectivity index (χ3n) is 3.26. The summed E-state index contributed by atoms with van der Waals surface area (Å²) in [5.41, 5.74) is 3.15. The van der Waals surface area contributed by atoms with Gasteiger partial charge in [0.25, 0.3) is 0 Å². The van der Waals surface area contributed by atoms with Gasteiger partial charge in [-0.25, -0.2) is 0 Å². The molecule has 0 aliphatic carbocycles. The number of rotatable bonds is 6. The number of carbonyl (C=O) groups is 1. The Balaban J connectivity index is 1.62. The first-order valence-electron chi connectivity index (χ1n) is 7.41. The van der Waals surface area contributed by atoms with Crippen molar-refractivity contribution in [3.05, 3.63) is 53.5 Å². The van der Waals surface area contributed by atoms with Crippen molar-refractivity contribution in [1.29, 1.82) is 0 Å². The van der Waals surface area contributed by atoms with E-state index >= 15 is 0 Å². The second-order valence-electron chi connectivity index (χ2n) is 5.36. The monoisotopic (exact) mass is 343 g/mol. The van der Waals surface area contributed by atoms with Crippen LogP contribution in [0.3, 0.4) is 0 Å². The maximum absolute atomic E-state index is 11.9. The SMILES string of the molecule is Cc1cc(C)cc(-n2nnnc2SCC(=O)NCc2ccco2)c1. The lowest BCUT2D eigenvalue weighted by Crippen LogP contribution is -2.24. The zero-order chi connectivity index (χ0) is 16.9. The summed E-state index contributed by atoms with van der Waals surface area (Å²) < 4.78 is 6.82. The van der Waals surface area contributed by atoms with E-state index in [-0.39, 0.29) is 11.7 Å². The van der Waals surface area contributed by atoms with Crippen LogP contribution in [0.15, 0.2) is 46.2 Å².